The van der Waals surface area contributed by atoms with E-state index in [-0.39, 0.29) is 129 Å². The first-order chi connectivity index (χ1) is 49.1. The molecule has 0 saturated carbocycles. The van der Waals surface area contributed by atoms with Gasteiger partial charge in [-0.15, -0.1) is 0 Å². The summed E-state index contributed by atoms with van der Waals surface area (Å²) in [5.41, 5.74) is 4.14. The molecule has 8 aromatic rings. The smallest absolute Gasteiger partial charge is 0.346 e. The van der Waals surface area contributed by atoms with E-state index in [9.17, 15) is 48.1 Å². The lowest BCUT2D eigenvalue weighted by molar-refractivity contribution is 0.239. The Morgan fingerprint density at radius 2 is 0.933 bits per heavy atom. The van der Waals surface area contributed by atoms with E-state index in [0.29, 0.717) is 52.1 Å². The summed E-state index contributed by atoms with van der Waals surface area (Å²) in [6.07, 6.45) is 7.49. The van der Waals surface area contributed by atoms with Gasteiger partial charge in [-0.25, -0.2) is 48.1 Å². The minimum absolute atomic E-state index is 0. The van der Waals surface area contributed by atoms with Gasteiger partial charge >= 0.3 is 16.9 Å². The van der Waals surface area contributed by atoms with E-state index in [0.717, 1.165) is 50.0 Å². The van der Waals surface area contributed by atoms with Crippen molar-refractivity contribution >= 4 is 131 Å². The van der Waals surface area contributed by atoms with Gasteiger partial charge in [-0.3, -0.25) is 25.0 Å². The fraction of sp³-hybridized carbons (Fsp3) is 0.429. The molecule has 4 aliphatic rings. The lowest BCUT2D eigenvalue weighted by atomic mass is 10.1. The summed E-state index contributed by atoms with van der Waals surface area (Å²) in [6.45, 7) is 14.2. The van der Waals surface area contributed by atoms with Gasteiger partial charge in [0.25, 0.3) is 0 Å². The van der Waals surface area contributed by atoms with Crippen LogP contribution in [0.1, 0.15) is 74.1 Å². The van der Waals surface area contributed by atoms with E-state index in [1.807, 2.05) is 57.0 Å². The summed E-state index contributed by atoms with van der Waals surface area (Å²) in [5.74, 6) is 3.45. The highest BCUT2D eigenvalue weighted by atomic mass is 35.5. The van der Waals surface area contributed by atoms with Crippen LogP contribution in [0.25, 0.3) is 43.8 Å². The summed E-state index contributed by atoms with van der Waals surface area (Å²) >= 11 is 12.8. The van der Waals surface area contributed by atoms with Crippen LogP contribution in [0.5, 0.6) is 34.5 Å². The Hall–Kier alpha value is -9.02. The number of hydrazone groups is 4. The standard InChI is InChI=1S/C18H21ClN2O7S.C18H23N3O4S.C17H20N2O5S.C16H17ClN2O4S.CH4/c1-10-9-29(23,24)6-5-21(10)20-8-12-14(19)11-7-13(25-2)16(26-3)17(27-4)15(11)28-18(12)22;1-12-11-26(22,23)6-5-21(12)20-10-14-7-15-16(19-9-14)8-17(24-3)13(2)18(15)25-4;1-11-6-16-13(8-15(11)23-3)7-14(17(20)24-16)9-18-19-4-5-25(21,22)10-12(19)2;1-10-3-4-14-12(7-10)15(17)13(16(20)23-14)8-18-19-5-6-24(21,22)9-11(19)2;/h7-8,10H,5-6,9H2,1-4H3;7-10,12H,5-6,11H2,1-4H3;6-9,12H,4-5,10H2,1-3H3;3-4,7-8,11H,5-6,9H2,1-2H3;1H4. The van der Waals surface area contributed by atoms with E-state index in [1.165, 1.54) is 40.0 Å². The quantitative estimate of drug-likeness (QED) is 0.0728. The van der Waals surface area contributed by atoms with Gasteiger partial charge < -0.3 is 41.7 Å². The second-order valence-corrected chi connectivity index (χ2v) is 34.8. The topological polar surface area (TPSA) is 358 Å². The molecule has 4 unspecified atom stereocenters. The molecule has 0 radical (unpaired) electrons. The molecule has 8 heterocycles. The number of benzene rings is 4. The average Bonchev–Trinajstić information content (AvgIpc) is 0.765. The van der Waals surface area contributed by atoms with Crippen molar-refractivity contribution in [3.05, 3.63) is 141 Å². The molecule has 4 atom stereocenters. The number of sulfone groups is 4. The number of rotatable bonds is 14. The van der Waals surface area contributed by atoms with Crippen LogP contribution in [0.15, 0.2) is 109 Å². The van der Waals surface area contributed by atoms with Crippen molar-refractivity contribution in [3.8, 4) is 34.5 Å². The van der Waals surface area contributed by atoms with E-state index < -0.39 is 56.2 Å². The molecule has 35 heteroatoms. The summed E-state index contributed by atoms with van der Waals surface area (Å²) in [7, 11) is -2.92. The molecule has 4 aromatic heterocycles. The first-order valence-corrected chi connectivity index (χ1v) is 40.5. The van der Waals surface area contributed by atoms with Gasteiger partial charge in [0.2, 0.25) is 11.5 Å². The fourth-order valence-corrected chi connectivity index (χ4v) is 18.6. The lowest BCUT2D eigenvalue weighted by Crippen LogP contribution is -2.43. The van der Waals surface area contributed by atoms with Gasteiger partial charge in [-0.1, -0.05) is 42.3 Å². The number of hydrogen-bond acceptors (Lipinski definition) is 29. The minimum Gasteiger partial charge on any atom is -0.496 e. The summed E-state index contributed by atoms with van der Waals surface area (Å²) < 4.78 is 141. The van der Waals surface area contributed by atoms with Crippen molar-refractivity contribution < 1.29 is 75.3 Å². The Morgan fingerprint density at radius 1 is 0.476 bits per heavy atom. The average molecular weight is 1570 g/mol. The van der Waals surface area contributed by atoms with Crippen LogP contribution in [0.4, 0.5) is 0 Å². The summed E-state index contributed by atoms with van der Waals surface area (Å²) in [6, 6.07) is 15.1. The Labute approximate surface area is 618 Å². The highest BCUT2D eigenvalue weighted by Gasteiger charge is 2.32. The van der Waals surface area contributed by atoms with Crippen LogP contribution >= 0.6 is 23.2 Å². The van der Waals surface area contributed by atoms with Crippen molar-refractivity contribution in [2.75, 3.05) is 115 Å². The first kappa shape index (κ1) is 81.6. The largest absolute Gasteiger partial charge is 0.496 e. The zero-order valence-electron chi connectivity index (χ0n) is 59.5. The van der Waals surface area contributed by atoms with Crippen LogP contribution < -0.4 is 45.3 Å². The highest BCUT2D eigenvalue weighted by molar-refractivity contribution is 7.92. The number of halogens is 2. The predicted octanol–water partition coefficient (Wildman–Crippen LogP) is 8.34. The number of aryl methyl sites for hydroxylation is 2. The Balaban J connectivity index is 0.000000177. The van der Waals surface area contributed by atoms with E-state index in [4.69, 9.17) is 64.9 Å². The molecule has 4 aromatic carbocycles. The number of hydrogen-bond donors (Lipinski definition) is 0. The van der Waals surface area contributed by atoms with Crippen LogP contribution in [-0.2, 0) is 39.3 Å². The molecule has 4 aliphatic heterocycles. The molecule has 0 spiro atoms. The molecule has 4 fully saturated rings. The molecule has 0 N–H and O–H groups in total. The molecule has 0 aliphatic carbocycles. The van der Waals surface area contributed by atoms with Crippen LogP contribution in [0.2, 0.25) is 10.0 Å². The Bertz CT molecular complexity index is 5380. The maximum Gasteiger partial charge on any atom is 0.346 e. The van der Waals surface area contributed by atoms with Crippen molar-refractivity contribution in [1.29, 1.82) is 0 Å². The third kappa shape index (κ3) is 19.5. The van der Waals surface area contributed by atoms with Crippen molar-refractivity contribution in [2.45, 2.75) is 80.1 Å². The van der Waals surface area contributed by atoms with Crippen LogP contribution in [0.3, 0.4) is 0 Å². The molecule has 12 rings (SSSR count). The van der Waals surface area contributed by atoms with Crippen LogP contribution in [-0.4, -0.2) is 223 Å². The maximum absolute atomic E-state index is 12.5. The third-order valence-corrected chi connectivity index (χ3v) is 25.5. The van der Waals surface area contributed by atoms with Crippen molar-refractivity contribution in [3.63, 3.8) is 0 Å². The predicted molar refractivity (Wildman–Crippen MR) is 409 cm³/mol. The zero-order valence-corrected chi connectivity index (χ0v) is 64.2. The number of fused-ring (bicyclic) bond motifs is 4. The number of methoxy groups -OCH3 is 6. The monoisotopic (exact) mass is 1570 g/mol. The van der Waals surface area contributed by atoms with Gasteiger partial charge in [0.15, 0.2) is 50.7 Å². The normalized spacial score (nSPS) is 19.7. The SMILES string of the molecule is C.COc1cc2c(Cl)c(C=NN3CCS(=O)(=O)CC3C)c(=O)oc2c(OC)c1OC.COc1cc2cc(C=NN3CCS(=O)(=O)CC3C)c(=O)oc2cc1C.COc1cc2ncc(C=NN3CCS(=O)(=O)CC3C)cc2c(OC)c1C.Cc1ccc2oc(=O)c(C=NN3CCS(=O)(=O)CC3C)c(Cl)c2c1. The van der Waals surface area contributed by atoms with Gasteiger partial charge in [0, 0.05) is 44.9 Å². The molecule has 105 heavy (non-hydrogen) atoms. The molecule has 0 amide bonds. The Morgan fingerprint density at radius 3 is 1.41 bits per heavy atom. The van der Waals surface area contributed by atoms with Crippen molar-refractivity contribution in [2.24, 2.45) is 20.4 Å². The minimum atomic E-state index is -3.08. The molecule has 0 bridgehead atoms. The molecular weight excluding hydrogens is 1490 g/mol. The van der Waals surface area contributed by atoms with Crippen molar-refractivity contribution in [1.82, 2.24) is 25.0 Å². The van der Waals surface area contributed by atoms with Gasteiger partial charge in [-0.2, -0.15) is 20.4 Å². The van der Waals surface area contributed by atoms with Gasteiger partial charge in [0.05, 0.1) is 196 Å². The number of pyridine rings is 1. The molecular formula is C70H85Cl2N9O20S4. The second kappa shape index (κ2) is 34.0. The summed E-state index contributed by atoms with van der Waals surface area (Å²) in [5, 5.41) is 27.0. The fourth-order valence-electron chi connectivity index (χ4n) is 11.9. The molecule has 29 nitrogen and oxygen atoms in total. The number of aromatic nitrogens is 1. The zero-order chi connectivity index (χ0) is 75.9. The maximum atomic E-state index is 12.5. The van der Waals surface area contributed by atoms with Gasteiger partial charge in [-0.05, 0) is 96.5 Å². The number of nitrogens with zero attached hydrogens (tertiary/aromatic N) is 9. The number of ether oxygens (including phenoxy) is 6. The lowest BCUT2D eigenvalue weighted by Gasteiger charge is -2.30. The van der Waals surface area contributed by atoms with Gasteiger partial charge in [0.1, 0.15) is 28.4 Å². The Kier molecular flexibility index (Phi) is 26.5. The van der Waals surface area contributed by atoms with Crippen LogP contribution in [0, 0.1) is 20.8 Å². The molecule has 568 valence electrons. The molecule has 4 saturated heterocycles. The van der Waals surface area contributed by atoms with E-state index in [2.05, 4.69) is 25.4 Å². The summed E-state index contributed by atoms with van der Waals surface area (Å²) in [4.78, 5) is 41.3. The second-order valence-electron chi connectivity index (χ2n) is 25.2. The van der Waals surface area contributed by atoms with E-state index >= 15 is 0 Å². The third-order valence-electron chi connectivity index (χ3n) is 17.5. The first-order valence-electron chi connectivity index (χ1n) is 32.5. The highest BCUT2D eigenvalue weighted by Crippen LogP contribution is 2.45. The van der Waals surface area contributed by atoms with E-state index in [1.54, 1.807) is 99.9 Å².